The lowest BCUT2D eigenvalue weighted by Crippen LogP contribution is -2.03. The van der Waals surface area contributed by atoms with Crippen molar-refractivity contribution in [3.05, 3.63) is 59.3 Å². The molecule has 1 aromatic carbocycles. The van der Waals surface area contributed by atoms with Gasteiger partial charge in [0.25, 0.3) is 0 Å². The predicted molar refractivity (Wildman–Crippen MR) is 77.6 cm³/mol. The molecule has 0 spiro atoms. The van der Waals surface area contributed by atoms with Crippen LogP contribution in [0.2, 0.25) is 0 Å². The van der Waals surface area contributed by atoms with Gasteiger partial charge in [-0.3, -0.25) is 4.79 Å². The van der Waals surface area contributed by atoms with Crippen LogP contribution in [0.25, 0.3) is 0 Å². The van der Waals surface area contributed by atoms with Gasteiger partial charge in [0.1, 0.15) is 5.82 Å². The van der Waals surface area contributed by atoms with Crippen LogP contribution in [0.5, 0.6) is 0 Å². The lowest BCUT2D eigenvalue weighted by molar-refractivity contribution is 0.0600. The van der Waals surface area contributed by atoms with Crippen LogP contribution in [0.3, 0.4) is 0 Å². The van der Waals surface area contributed by atoms with E-state index in [1.807, 2.05) is 0 Å². The number of ketones is 1. The summed E-state index contributed by atoms with van der Waals surface area (Å²) < 4.78 is 4.60. The van der Waals surface area contributed by atoms with Gasteiger partial charge in [-0.1, -0.05) is 5.92 Å². The van der Waals surface area contributed by atoms with Gasteiger partial charge >= 0.3 is 5.97 Å². The number of aromatic nitrogens is 1. The highest BCUT2D eigenvalue weighted by Gasteiger charge is 2.07. The molecule has 0 saturated carbocycles. The fourth-order valence-corrected chi connectivity index (χ4v) is 1.61. The first-order chi connectivity index (χ1) is 10.1. The predicted octanol–water partition coefficient (Wildman–Crippen LogP) is 1.68. The van der Waals surface area contributed by atoms with E-state index in [1.165, 1.54) is 13.3 Å². The fourth-order valence-electron chi connectivity index (χ4n) is 1.61. The van der Waals surface area contributed by atoms with Gasteiger partial charge in [-0.25, -0.2) is 9.78 Å². The van der Waals surface area contributed by atoms with Crippen molar-refractivity contribution in [2.45, 2.75) is 0 Å². The summed E-state index contributed by atoms with van der Waals surface area (Å²) in [5, 5.41) is 0. The highest BCUT2D eigenvalue weighted by molar-refractivity contribution is 6.11. The molecule has 0 aliphatic rings. The Balaban J connectivity index is 2.18. The van der Waals surface area contributed by atoms with E-state index in [0.29, 0.717) is 11.1 Å². The van der Waals surface area contributed by atoms with Crippen LogP contribution in [-0.2, 0) is 4.74 Å². The summed E-state index contributed by atoms with van der Waals surface area (Å²) in [6, 6.07) is 9.63. The van der Waals surface area contributed by atoms with Crippen molar-refractivity contribution < 1.29 is 14.3 Å². The first-order valence-electron chi connectivity index (χ1n) is 6.07. The van der Waals surface area contributed by atoms with Gasteiger partial charge in [0.05, 0.1) is 18.2 Å². The molecule has 0 unspecified atom stereocenters. The SMILES string of the molecule is COC(=O)c1ccc(C#CC(=O)c2cccnc2N)cc1. The smallest absolute Gasteiger partial charge is 0.337 e. The lowest BCUT2D eigenvalue weighted by atomic mass is 10.1. The van der Waals surface area contributed by atoms with Gasteiger partial charge in [-0.15, -0.1) is 0 Å². The van der Waals surface area contributed by atoms with Crippen molar-refractivity contribution in [3.8, 4) is 11.8 Å². The van der Waals surface area contributed by atoms with E-state index in [4.69, 9.17) is 5.73 Å². The molecular weight excluding hydrogens is 268 g/mol. The molecule has 104 valence electrons. The van der Waals surface area contributed by atoms with Crippen LogP contribution in [0.1, 0.15) is 26.3 Å². The van der Waals surface area contributed by atoms with Crippen molar-refractivity contribution in [1.82, 2.24) is 4.98 Å². The molecule has 5 heteroatoms. The Kier molecular flexibility index (Phi) is 4.32. The molecular formula is C16H12N2O3. The van der Waals surface area contributed by atoms with E-state index in [0.717, 1.165) is 0 Å². The van der Waals surface area contributed by atoms with Crippen LogP contribution in [0, 0.1) is 11.8 Å². The second-order valence-corrected chi connectivity index (χ2v) is 4.08. The number of rotatable bonds is 2. The maximum Gasteiger partial charge on any atom is 0.337 e. The minimum atomic E-state index is -0.422. The summed E-state index contributed by atoms with van der Waals surface area (Å²) in [5.41, 5.74) is 6.91. The minimum Gasteiger partial charge on any atom is -0.465 e. The number of Topliss-reactive ketones (excluding diaryl/α,β-unsaturated/α-hetero) is 1. The lowest BCUT2D eigenvalue weighted by Gasteiger charge is -1.98. The third kappa shape index (κ3) is 3.45. The van der Waals surface area contributed by atoms with Gasteiger partial charge in [0, 0.05) is 11.8 Å². The number of nitrogens with zero attached hydrogens (tertiary/aromatic N) is 1. The number of nitrogens with two attached hydrogens (primary N) is 1. The molecule has 0 amide bonds. The van der Waals surface area contributed by atoms with E-state index in [2.05, 4.69) is 21.6 Å². The summed E-state index contributed by atoms with van der Waals surface area (Å²) >= 11 is 0. The number of ether oxygens (including phenoxy) is 1. The number of hydrogen-bond donors (Lipinski definition) is 1. The normalized spacial score (nSPS) is 9.38. The van der Waals surface area contributed by atoms with Crippen LogP contribution in [-0.4, -0.2) is 23.8 Å². The number of carbonyl (C=O) groups excluding carboxylic acids is 2. The topological polar surface area (TPSA) is 82.3 Å². The number of nitrogen functional groups attached to an aromatic ring is 1. The molecule has 21 heavy (non-hydrogen) atoms. The Labute approximate surface area is 121 Å². The molecule has 0 atom stereocenters. The standard InChI is InChI=1S/C16H12N2O3/c1-21-16(20)12-7-4-11(5-8-12)6-9-14(19)13-3-2-10-18-15(13)17/h2-5,7-8,10H,1H3,(H2,17,18). The minimum absolute atomic E-state index is 0.151. The summed E-state index contributed by atoms with van der Waals surface area (Å²) in [4.78, 5) is 27.0. The van der Waals surface area contributed by atoms with Crippen LogP contribution >= 0.6 is 0 Å². The van der Waals surface area contributed by atoms with Crippen molar-refractivity contribution >= 4 is 17.6 Å². The first kappa shape index (κ1) is 14.3. The molecule has 0 aliphatic heterocycles. The number of carbonyl (C=O) groups is 2. The third-order valence-corrected chi connectivity index (χ3v) is 2.71. The maximum absolute atomic E-state index is 11.9. The van der Waals surface area contributed by atoms with Crippen LogP contribution < -0.4 is 5.73 Å². The Morgan fingerprint density at radius 1 is 1.19 bits per heavy atom. The van der Waals surface area contributed by atoms with Gasteiger partial charge in [0.2, 0.25) is 5.78 Å². The van der Waals surface area contributed by atoms with Gasteiger partial charge < -0.3 is 10.5 Å². The molecule has 0 fully saturated rings. The molecule has 2 rings (SSSR count). The molecule has 1 heterocycles. The van der Waals surface area contributed by atoms with Crippen molar-refractivity contribution in [1.29, 1.82) is 0 Å². The van der Waals surface area contributed by atoms with Gasteiger partial charge in [-0.05, 0) is 42.3 Å². The first-order valence-corrected chi connectivity index (χ1v) is 6.07. The Bertz CT molecular complexity index is 740. The number of anilines is 1. The molecule has 1 aromatic heterocycles. The van der Waals surface area contributed by atoms with Crippen LogP contribution in [0.4, 0.5) is 5.82 Å². The summed E-state index contributed by atoms with van der Waals surface area (Å²) in [5.74, 6) is 4.54. The quantitative estimate of drug-likeness (QED) is 0.514. The van der Waals surface area contributed by atoms with E-state index in [-0.39, 0.29) is 11.4 Å². The number of pyridine rings is 1. The molecule has 5 nitrogen and oxygen atoms in total. The highest BCUT2D eigenvalue weighted by atomic mass is 16.5. The van der Waals surface area contributed by atoms with Gasteiger partial charge in [-0.2, -0.15) is 0 Å². The van der Waals surface area contributed by atoms with Crippen molar-refractivity contribution in [2.75, 3.05) is 12.8 Å². The Hall–Kier alpha value is -3.13. The largest absolute Gasteiger partial charge is 0.465 e. The summed E-state index contributed by atoms with van der Waals surface area (Å²) in [7, 11) is 1.31. The van der Waals surface area contributed by atoms with E-state index in [1.54, 1.807) is 36.4 Å². The second-order valence-electron chi connectivity index (χ2n) is 4.08. The molecule has 0 bridgehead atoms. The van der Waals surface area contributed by atoms with E-state index in [9.17, 15) is 9.59 Å². The number of benzene rings is 1. The average Bonchev–Trinajstić information content (AvgIpc) is 2.52. The number of hydrogen-bond acceptors (Lipinski definition) is 5. The zero-order chi connectivity index (χ0) is 15.2. The monoisotopic (exact) mass is 280 g/mol. The third-order valence-electron chi connectivity index (χ3n) is 2.71. The second kappa shape index (κ2) is 6.35. The zero-order valence-corrected chi connectivity index (χ0v) is 11.3. The Morgan fingerprint density at radius 3 is 2.52 bits per heavy atom. The van der Waals surface area contributed by atoms with Crippen molar-refractivity contribution in [3.63, 3.8) is 0 Å². The zero-order valence-electron chi connectivity index (χ0n) is 11.3. The fraction of sp³-hybridized carbons (Fsp3) is 0.0625. The molecule has 2 aromatic rings. The summed E-state index contributed by atoms with van der Waals surface area (Å²) in [6.45, 7) is 0. The molecule has 2 N–H and O–H groups in total. The van der Waals surface area contributed by atoms with E-state index < -0.39 is 11.8 Å². The van der Waals surface area contributed by atoms with E-state index >= 15 is 0 Å². The highest BCUT2D eigenvalue weighted by Crippen LogP contribution is 2.08. The summed E-state index contributed by atoms with van der Waals surface area (Å²) in [6.07, 6.45) is 1.51. The Morgan fingerprint density at radius 2 is 1.90 bits per heavy atom. The van der Waals surface area contributed by atoms with Crippen LogP contribution in [0.15, 0.2) is 42.6 Å². The number of esters is 1. The molecule has 0 saturated heterocycles. The molecule has 0 aliphatic carbocycles. The molecule has 0 radical (unpaired) electrons. The number of methoxy groups -OCH3 is 1. The van der Waals surface area contributed by atoms with Gasteiger partial charge in [0.15, 0.2) is 0 Å². The maximum atomic E-state index is 11.9. The average molecular weight is 280 g/mol. The van der Waals surface area contributed by atoms with Crippen molar-refractivity contribution in [2.24, 2.45) is 0 Å².